The molecular formula is C30H27N3. The maximum atomic E-state index is 3.54. The molecular weight excluding hydrogens is 402 g/mol. The fourth-order valence-corrected chi connectivity index (χ4v) is 6.56. The van der Waals surface area contributed by atoms with Crippen molar-refractivity contribution in [3.05, 3.63) is 115 Å². The Morgan fingerprint density at radius 3 is 2.30 bits per heavy atom. The van der Waals surface area contributed by atoms with Gasteiger partial charge in [0, 0.05) is 40.1 Å². The van der Waals surface area contributed by atoms with Gasteiger partial charge in [-0.15, -0.1) is 0 Å². The van der Waals surface area contributed by atoms with Crippen molar-refractivity contribution >= 4 is 27.5 Å². The monoisotopic (exact) mass is 429 g/mol. The van der Waals surface area contributed by atoms with Gasteiger partial charge in [0.05, 0.1) is 17.8 Å². The van der Waals surface area contributed by atoms with Crippen molar-refractivity contribution < 1.29 is 0 Å². The second-order valence-corrected chi connectivity index (χ2v) is 9.48. The zero-order chi connectivity index (χ0) is 21.8. The van der Waals surface area contributed by atoms with Crippen LogP contribution in [0.15, 0.2) is 110 Å². The van der Waals surface area contributed by atoms with Gasteiger partial charge in [-0.25, -0.2) is 0 Å². The normalized spacial score (nSPS) is 31.2. The minimum atomic E-state index is 0.316. The standard InChI is InChI=1S/C30H27N3/c1-2-4-16-27-23(12-3-1)30-21(24-18-31-25-14-7-5-10-20(24)25)13-9-17-28(30)33(27)29-19-32-26-15-8-6-11-22(26)29/h1-12,14-19,21,23,27-28,30-32H,13H2/b2-1-,12-3-,16-4-. The van der Waals surface area contributed by atoms with Crippen LogP contribution in [0.2, 0.25) is 0 Å². The van der Waals surface area contributed by atoms with Crippen molar-refractivity contribution in [2.24, 2.45) is 11.8 Å². The van der Waals surface area contributed by atoms with Crippen LogP contribution in [-0.4, -0.2) is 22.1 Å². The molecule has 2 aromatic carbocycles. The number of nitrogens with zero attached hydrogens (tertiary/aromatic N) is 1. The van der Waals surface area contributed by atoms with Gasteiger partial charge in [0.25, 0.3) is 0 Å². The summed E-state index contributed by atoms with van der Waals surface area (Å²) >= 11 is 0. The Hall–Kier alpha value is -3.72. The Kier molecular flexibility index (Phi) is 4.23. The smallest absolute Gasteiger partial charge is 0.0634 e. The molecule has 1 aliphatic heterocycles. The van der Waals surface area contributed by atoms with Gasteiger partial charge in [-0.1, -0.05) is 85.0 Å². The molecule has 3 heterocycles. The molecule has 4 aromatic rings. The van der Waals surface area contributed by atoms with E-state index in [0.29, 0.717) is 29.8 Å². The van der Waals surface area contributed by atoms with Gasteiger partial charge in [0.2, 0.25) is 0 Å². The maximum absolute atomic E-state index is 3.54. The second kappa shape index (κ2) is 7.41. The molecule has 3 nitrogen and oxygen atoms in total. The highest BCUT2D eigenvalue weighted by atomic mass is 15.2. The van der Waals surface area contributed by atoms with Gasteiger partial charge >= 0.3 is 0 Å². The zero-order valence-corrected chi connectivity index (χ0v) is 18.4. The zero-order valence-electron chi connectivity index (χ0n) is 18.4. The third-order valence-electron chi connectivity index (χ3n) is 7.90. The van der Waals surface area contributed by atoms with Crippen LogP contribution in [0.4, 0.5) is 5.69 Å². The Labute approximate surface area is 193 Å². The number of anilines is 1. The van der Waals surface area contributed by atoms with Gasteiger partial charge in [-0.2, -0.15) is 0 Å². The molecule has 2 aliphatic carbocycles. The molecule has 2 aromatic heterocycles. The Morgan fingerprint density at radius 1 is 0.697 bits per heavy atom. The lowest BCUT2D eigenvalue weighted by molar-refractivity contribution is 0.350. The van der Waals surface area contributed by atoms with E-state index in [9.17, 15) is 0 Å². The molecule has 3 heteroatoms. The van der Waals surface area contributed by atoms with E-state index >= 15 is 0 Å². The summed E-state index contributed by atoms with van der Waals surface area (Å²) in [7, 11) is 0. The molecule has 0 saturated carbocycles. The van der Waals surface area contributed by atoms with Gasteiger partial charge in [0.15, 0.2) is 0 Å². The van der Waals surface area contributed by atoms with Crippen molar-refractivity contribution in [1.82, 2.24) is 9.97 Å². The average molecular weight is 430 g/mol. The molecule has 1 fully saturated rings. The van der Waals surface area contributed by atoms with Crippen LogP contribution in [0.1, 0.15) is 17.9 Å². The lowest BCUT2D eigenvalue weighted by atomic mass is 9.70. The molecule has 162 valence electrons. The molecule has 7 rings (SSSR count). The molecule has 1 saturated heterocycles. The van der Waals surface area contributed by atoms with Crippen LogP contribution in [0, 0.1) is 11.8 Å². The summed E-state index contributed by atoms with van der Waals surface area (Å²) in [5, 5.41) is 2.67. The summed E-state index contributed by atoms with van der Waals surface area (Å²) in [6.45, 7) is 0. The second-order valence-electron chi connectivity index (χ2n) is 9.48. The number of nitrogens with one attached hydrogen (secondary N) is 2. The first-order valence-electron chi connectivity index (χ1n) is 12.0. The van der Waals surface area contributed by atoms with Gasteiger partial charge < -0.3 is 14.9 Å². The SMILES string of the molecule is C1=CC2C(C(c3c[nH]c4ccccc34)C1)C1\C=C/C=C\C=C/C1N2c1c[nH]c2ccccc12. The van der Waals surface area contributed by atoms with E-state index in [4.69, 9.17) is 0 Å². The van der Waals surface area contributed by atoms with E-state index in [0.717, 1.165) is 6.42 Å². The van der Waals surface area contributed by atoms with Gasteiger partial charge in [-0.05, 0) is 36.0 Å². The lowest BCUT2D eigenvalue weighted by Crippen LogP contribution is -2.38. The first-order chi connectivity index (χ1) is 16.4. The number of para-hydroxylation sites is 2. The number of hydrogen-bond acceptors (Lipinski definition) is 1. The molecule has 5 atom stereocenters. The Balaban J connectivity index is 1.41. The van der Waals surface area contributed by atoms with E-state index < -0.39 is 0 Å². The first kappa shape index (κ1) is 18.8. The molecule has 5 unspecified atom stereocenters. The summed E-state index contributed by atoms with van der Waals surface area (Å²) in [5.74, 6) is 1.41. The Morgan fingerprint density at radius 2 is 1.42 bits per heavy atom. The summed E-state index contributed by atoms with van der Waals surface area (Å²) in [6.07, 6.45) is 24.1. The van der Waals surface area contributed by atoms with Gasteiger partial charge in [0.1, 0.15) is 0 Å². The third kappa shape index (κ3) is 2.82. The van der Waals surface area contributed by atoms with Crippen LogP contribution in [0.5, 0.6) is 0 Å². The van der Waals surface area contributed by atoms with Crippen LogP contribution in [0.25, 0.3) is 21.8 Å². The number of allylic oxidation sites excluding steroid dienone is 5. The van der Waals surface area contributed by atoms with Crippen LogP contribution < -0.4 is 4.90 Å². The van der Waals surface area contributed by atoms with Crippen molar-refractivity contribution in [3.8, 4) is 0 Å². The molecule has 2 N–H and O–H groups in total. The largest absolute Gasteiger partial charge is 0.361 e. The van der Waals surface area contributed by atoms with Crippen LogP contribution in [0.3, 0.4) is 0 Å². The summed E-state index contributed by atoms with van der Waals surface area (Å²) in [6, 6.07) is 18.1. The molecule has 33 heavy (non-hydrogen) atoms. The highest BCUT2D eigenvalue weighted by molar-refractivity contribution is 5.93. The van der Waals surface area contributed by atoms with Crippen molar-refractivity contribution in [3.63, 3.8) is 0 Å². The maximum Gasteiger partial charge on any atom is 0.0634 e. The molecule has 0 amide bonds. The van der Waals surface area contributed by atoms with Crippen LogP contribution >= 0.6 is 0 Å². The number of aromatic nitrogens is 2. The number of benzene rings is 2. The molecule has 0 spiro atoms. The highest BCUT2D eigenvalue weighted by Gasteiger charge is 2.50. The van der Waals surface area contributed by atoms with E-state index in [-0.39, 0.29) is 0 Å². The lowest BCUT2D eigenvalue weighted by Gasteiger charge is -2.35. The van der Waals surface area contributed by atoms with Crippen LogP contribution in [-0.2, 0) is 0 Å². The number of fused-ring (bicyclic) bond motifs is 5. The Bertz CT molecular complexity index is 1450. The summed E-state index contributed by atoms with van der Waals surface area (Å²) < 4.78 is 0. The predicted octanol–water partition coefficient (Wildman–Crippen LogP) is 6.86. The predicted molar refractivity (Wildman–Crippen MR) is 138 cm³/mol. The molecule has 3 aliphatic rings. The molecule has 0 bridgehead atoms. The van der Waals surface area contributed by atoms with E-state index in [2.05, 4.69) is 124 Å². The fourth-order valence-electron chi connectivity index (χ4n) is 6.56. The number of hydrogen-bond donors (Lipinski definition) is 2. The molecule has 0 radical (unpaired) electrons. The van der Waals surface area contributed by atoms with Crippen molar-refractivity contribution in [2.45, 2.75) is 24.4 Å². The third-order valence-corrected chi connectivity index (χ3v) is 7.90. The number of aromatic amines is 2. The van der Waals surface area contributed by atoms with E-state index in [1.165, 1.54) is 33.1 Å². The fraction of sp³-hybridized carbons (Fsp3) is 0.200. The topological polar surface area (TPSA) is 34.8 Å². The minimum Gasteiger partial charge on any atom is -0.361 e. The average Bonchev–Trinajstić information content (AvgIpc) is 3.52. The first-order valence-corrected chi connectivity index (χ1v) is 12.0. The van der Waals surface area contributed by atoms with E-state index in [1.807, 2.05) is 0 Å². The quantitative estimate of drug-likeness (QED) is 0.335. The minimum absolute atomic E-state index is 0.316. The number of H-pyrrole nitrogens is 2. The van der Waals surface area contributed by atoms with Crippen molar-refractivity contribution in [1.29, 1.82) is 0 Å². The number of rotatable bonds is 2. The van der Waals surface area contributed by atoms with Crippen molar-refractivity contribution in [2.75, 3.05) is 4.90 Å². The highest BCUT2D eigenvalue weighted by Crippen LogP contribution is 2.52. The van der Waals surface area contributed by atoms with E-state index in [1.54, 1.807) is 0 Å². The van der Waals surface area contributed by atoms with Gasteiger partial charge in [-0.3, -0.25) is 0 Å². The summed E-state index contributed by atoms with van der Waals surface area (Å²) in [5.41, 5.74) is 5.20. The summed E-state index contributed by atoms with van der Waals surface area (Å²) in [4.78, 5) is 9.73.